The molecule has 0 amide bonds. The largest absolute Gasteiger partial charge is 0.490 e. The standard InChI is InChI=1S/C20H28F3NO4S/c21-20(22,23)19(27,11-13-29-12-10-17(24)18(25)26)14-6-8-16(9-7-14)28-15-4-2-1-3-5-15/h6-9,15,17,27H,1-5,10-13,24H2,(H,25,26). The number of halogens is 3. The van der Waals surface area contributed by atoms with Crippen molar-refractivity contribution in [3.63, 3.8) is 0 Å². The second-order valence-electron chi connectivity index (χ2n) is 7.36. The maximum Gasteiger partial charge on any atom is 0.421 e. The van der Waals surface area contributed by atoms with Crippen LogP contribution in [0.5, 0.6) is 5.75 Å². The van der Waals surface area contributed by atoms with E-state index in [2.05, 4.69) is 0 Å². The summed E-state index contributed by atoms with van der Waals surface area (Å²) < 4.78 is 46.7. The molecule has 1 aromatic carbocycles. The van der Waals surface area contributed by atoms with Gasteiger partial charge in [-0.1, -0.05) is 18.6 Å². The summed E-state index contributed by atoms with van der Waals surface area (Å²) in [7, 11) is 0. The van der Waals surface area contributed by atoms with Gasteiger partial charge in [-0.2, -0.15) is 24.9 Å². The predicted molar refractivity (Wildman–Crippen MR) is 106 cm³/mol. The van der Waals surface area contributed by atoms with Gasteiger partial charge in [-0.25, -0.2) is 0 Å². The van der Waals surface area contributed by atoms with E-state index in [1.807, 2.05) is 0 Å². The van der Waals surface area contributed by atoms with Crippen LogP contribution in [0.3, 0.4) is 0 Å². The van der Waals surface area contributed by atoms with Gasteiger partial charge >= 0.3 is 12.1 Å². The van der Waals surface area contributed by atoms with Crippen molar-refractivity contribution in [1.29, 1.82) is 0 Å². The van der Waals surface area contributed by atoms with Gasteiger partial charge in [-0.15, -0.1) is 0 Å². The lowest BCUT2D eigenvalue weighted by Crippen LogP contribution is -2.42. The molecular formula is C20H28F3NO4S. The summed E-state index contributed by atoms with van der Waals surface area (Å²) in [5, 5.41) is 19.1. The molecule has 1 aliphatic rings. The van der Waals surface area contributed by atoms with Crippen LogP contribution in [-0.2, 0) is 10.4 Å². The summed E-state index contributed by atoms with van der Waals surface area (Å²) in [6.07, 6.45) is 0.105. The molecular weight excluding hydrogens is 407 g/mol. The Balaban J connectivity index is 1.96. The number of aliphatic carboxylic acids is 1. The average Bonchev–Trinajstić information content (AvgIpc) is 2.67. The number of rotatable bonds is 10. The van der Waals surface area contributed by atoms with Gasteiger partial charge in [0, 0.05) is 0 Å². The Morgan fingerprint density at radius 1 is 1.17 bits per heavy atom. The molecule has 0 aromatic heterocycles. The fourth-order valence-corrected chi connectivity index (χ4v) is 4.35. The van der Waals surface area contributed by atoms with Crippen molar-refractivity contribution in [1.82, 2.24) is 0 Å². The minimum atomic E-state index is -4.84. The zero-order chi connectivity index (χ0) is 21.5. The molecule has 2 atom stereocenters. The lowest BCUT2D eigenvalue weighted by Gasteiger charge is -2.31. The topological polar surface area (TPSA) is 92.8 Å². The molecule has 0 radical (unpaired) electrons. The Kier molecular flexibility index (Phi) is 8.66. The highest BCUT2D eigenvalue weighted by molar-refractivity contribution is 7.99. The highest BCUT2D eigenvalue weighted by Gasteiger charge is 2.54. The van der Waals surface area contributed by atoms with Crippen LogP contribution in [-0.4, -0.2) is 46.0 Å². The van der Waals surface area contributed by atoms with Crippen LogP contribution in [0.1, 0.15) is 50.5 Å². The fraction of sp³-hybridized carbons (Fsp3) is 0.650. The number of hydrogen-bond donors (Lipinski definition) is 3. The van der Waals surface area contributed by atoms with Gasteiger partial charge in [0.25, 0.3) is 0 Å². The Labute approximate surface area is 172 Å². The molecule has 2 unspecified atom stereocenters. The van der Waals surface area contributed by atoms with Gasteiger partial charge in [0.1, 0.15) is 11.8 Å². The molecule has 2 rings (SSSR count). The molecule has 1 aliphatic carbocycles. The van der Waals surface area contributed by atoms with E-state index in [1.54, 1.807) is 0 Å². The molecule has 0 saturated heterocycles. The number of thioether (sulfide) groups is 1. The number of benzene rings is 1. The van der Waals surface area contributed by atoms with Gasteiger partial charge in [0.2, 0.25) is 0 Å². The maximum absolute atomic E-state index is 13.6. The third-order valence-electron chi connectivity index (χ3n) is 5.15. The van der Waals surface area contributed by atoms with Gasteiger partial charge in [0.15, 0.2) is 5.60 Å². The second kappa shape index (κ2) is 10.5. The molecule has 0 bridgehead atoms. The van der Waals surface area contributed by atoms with Crippen molar-refractivity contribution in [2.75, 3.05) is 11.5 Å². The number of alkyl halides is 3. The lowest BCUT2D eigenvalue weighted by molar-refractivity contribution is -0.267. The molecule has 0 aliphatic heterocycles. The first-order chi connectivity index (χ1) is 13.6. The first kappa shape index (κ1) is 23.8. The van der Waals surface area contributed by atoms with Crippen molar-refractivity contribution in [3.8, 4) is 5.75 Å². The van der Waals surface area contributed by atoms with Crippen molar-refractivity contribution in [3.05, 3.63) is 29.8 Å². The van der Waals surface area contributed by atoms with Gasteiger partial charge < -0.3 is 20.7 Å². The zero-order valence-electron chi connectivity index (χ0n) is 16.2. The summed E-state index contributed by atoms with van der Waals surface area (Å²) >= 11 is 1.14. The van der Waals surface area contributed by atoms with Crippen molar-refractivity contribution >= 4 is 17.7 Å². The fourth-order valence-electron chi connectivity index (χ4n) is 3.29. The summed E-state index contributed by atoms with van der Waals surface area (Å²) in [5.74, 6) is -0.326. The van der Waals surface area contributed by atoms with Crippen molar-refractivity contribution in [2.24, 2.45) is 5.73 Å². The van der Waals surface area contributed by atoms with E-state index in [1.165, 1.54) is 30.7 Å². The normalized spacial score (nSPS) is 18.8. The number of hydrogen-bond acceptors (Lipinski definition) is 5. The molecule has 1 aromatic rings. The number of aliphatic hydroxyl groups is 1. The molecule has 1 fully saturated rings. The van der Waals surface area contributed by atoms with E-state index in [4.69, 9.17) is 15.6 Å². The number of nitrogens with two attached hydrogens (primary N) is 1. The van der Waals surface area contributed by atoms with E-state index in [-0.39, 0.29) is 23.8 Å². The number of ether oxygens (including phenoxy) is 1. The second-order valence-corrected chi connectivity index (χ2v) is 8.58. The summed E-state index contributed by atoms with van der Waals surface area (Å²) in [6, 6.07) is 4.42. The van der Waals surface area contributed by atoms with Crippen molar-refractivity contribution < 1.29 is 32.9 Å². The average molecular weight is 436 g/mol. The van der Waals surface area contributed by atoms with Crippen LogP contribution in [0, 0.1) is 0 Å². The molecule has 1 saturated carbocycles. The van der Waals surface area contributed by atoms with Crippen LogP contribution in [0.25, 0.3) is 0 Å². The van der Waals surface area contributed by atoms with E-state index in [9.17, 15) is 23.1 Å². The molecule has 164 valence electrons. The van der Waals surface area contributed by atoms with E-state index < -0.39 is 30.2 Å². The lowest BCUT2D eigenvalue weighted by atomic mass is 9.90. The Morgan fingerprint density at radius 2 is 1.79 bits per heavy atom. The Morgan fingerprint density at radius 3 is 2.34 bits per heavy atom. The van der Waals surface area contributed by atoms with E-state index in [0.717, 1.165) is 37.4 Å². The van der Waals surface area contributed by atoms with Crippen LogP contribution in [0.15, 0.2) is 24.3 Å². The predicted octanol–water partition coefficient (Wildman–Crippen LogP) is 4.07. The quantitative estimate of drug-likeness (QED) is 0.480. The van der Waals surface area contributed by atoms with Crippen LogP contribution in [0.2, 0.25) is 0 Å². The van der Waals surface area contributed by atoms with Gasteiger partial charge in [-0.3, -0.25) is 4.79 Å². The smallest absolute Gasteiger partial charge is 0.421 e. The Bertz CT molecular complexity index is 650. The van der Waals surface area contributed by atoms with Crippen LogP contribution >= 0.6 is 11.8 Å². The number of carboxylic acids is 1. The van der Waals surface area contributed by atoms with E-state index in [0.29, 0.717) is 11.5 Å². The van der Waals surface area contributed by atoms with Crippen LogP contribution < -0.4 is 10.5 Å². The summed E-state index contributed by atoms with van der Waals surface area (Å²) in [6.45, 7) is 0. The molecule has 5 nitrogen and oxygen atoms in total. The highest BCUT2D eigenvalue weighted by atomic mass is 32.2. The third-order valence-corrected chi connectivity index (χ3v) is 6.17. The zero-order valence-corrected chi connectivity index (χ0v) is 17.0. The third kappa shape index (κ3) is 6.79. The number of carbonyl (C=O) groups is 1. The first-order valence-electron chi connectivity index (χ1n) is 9.76. The first-order valence-corrected chi connectivity index (χ1v) is 10.9. The molecule has 0 spiro atoms. The maximum atomic E-state index is 13.6. The monoisotopic (exact) mass is 435 g/mol. The van der Waals surface area contributed by atoms with Gasteiger partial charge in [0.05, 0.1) is 6.10 Å². The highest BCUT2D eigenvalue weighted by Crippen LogP contribution is 2.42. The minimum Gasteiger partial charge on any atom is -0.490 e. The molecule has 4 N–H and O–H groups in total. The molecule has 9 heteroatoms. The summed E-state index contributed by atoms with van der Waals surface area (Å²) in [4.78, 5) is 10.7. The Hall–Kier alpha value is -1.45. The van der Waals surface area contributed by atoms with Crippen LogP contribution in [0.4, 0.5) is 13.2 Å². The molecule has 29 heavy (non-hydrogen) atoms. The summed E-state index contributed by atoms with van der Waals surface area (Å²) in [5.41, 5.74) is 2.17. The van der Waals surface area contributed by atoms with Gasteiger partial charge in [-0.05, 0) is 67.7 Å². The number of carboxylic acid groups (broad SMARTS) is 1. The SMILES string of the molecule is NC(CCSCCC(O)(c1ccc(OC2CCCCC2)cc1)C(F)(F)F)C(=O)O. The minimum absolute atomic E-state index is 0.0165. The molecule has 0 heterocycles. The van der Waals surface area contributed by atoms with E-state index >= 15 is 0 Å². The van der Waals surface area contributed by atoms with Crippen molar-refractivity contribution in [2.45, 2.75) is 68.9 Å².